The number of rotatable bonds is 12. The summed E-state index contributed by atoms with van der Waals surface area (Å²) in [6.45, 7) is -0.270. The topological polar surface area (TPSA) is 118 Å². The Balaban J connectivity index is 2.09. The Labute approximate surface area is 197 Å². The highest BCUT2D eigenvalue weighted by Crippen LogP contribution is 2.26. The zero-order valence-corrected chi connectivity index (χ0v) is 19.3. The SMILES string of the molecule is COCCOC(=O)N(C)CCN(CC(=O)NO)S(=O)c1ccc(Oc2ccc(F)cc2)c(F)c1. The van der Waals surface area contributed by atoms with Crippen LogP contribution in [0.15, 0.2) is 47.4 Å². The molecule has 0 saturated heterocycles. The second-order valence-electron chi connectivity index (χ2n) is 6.82. The first-order valence-electron chi connectivity index (χ1n) is 9.94. The molecule has 34 heavy (non-hydrogen) atoms. The Bertz CT molecular complexity index is 995. The molecule has 10 nitrogen and oxygen atoms in total. The second-order valence-corrected chi connectivity index (χ2v) is 8.31. The Morgan fingerprint density at radius 1 is 1.09 bits per heavy atom. The van der Waals surface area contributed by atoms with E-state index in [0.717, 1.165) is 22.5 Å². The van der Waals surface area contributed by atoms with Gasteiger partial charge in [0.25, 0.3) is 5.91 Å². The third-order valence-electron chi connectivity index (χ3n) is 4.34. The maximum Gasteiger partial charge on any atom is 0.409 e. The maximum atomic E-state index is 14.6. The molecule has 0 bridgehead atoms. The van der Waals surface area contributed by atoms with Gasteiger partial charge in [0, 0.05) is 27.2 Å². The van der Waals surface area contributed by atoms with Crippen molar-refractivity contribution in [3.8, 4) is 11.5 Å². The summed E-state index contributed by atoms with van der Waals surface area (Å²) in [5, 5.41) is 8.84. The van der Waals surface area contributed by atoms with E-state index in [0.29, 0.717) is 0 Å². The van der Waals surface area contributed by atoms with Gasteiger partial charge in [-0.15, -0.1) is 0 Å². The molecular formula is C21H25F2N3O7S. The quantitative estimate of drug-likeness (QED) is 0.260. The highest BCUT2D eigenvalue weighted by Gasteiger charge is 2.22. The highest BCUT2D eigenvalue weighted by molar-refractivity contribution is 7.82. The van der Waals surface area contributed by atoms with Gasteiger partial charge < -0.3 is 19.1 Å². The first-order chi connectivity index (χ1) is 16.2. The number of carbonyl (C=O) groups is 2. The average Bonchev–Trinajstić information content (AvgIpc) is 2.83. The van der Waals surface area contributed by atoms with Crippen molar-refractivity contribution >= 4 is 23.0 Å². The standard InChI is InChI=1S/C21H25F2N3O7S/c1-25(21(28)32-12-11-31-2)9-10-26(14-20(27)24-29)34(30)17-7-8-19(18(23)13-17)33-16-5-3-15(22)4-6-16/h3-8,13,29H,9-12,14H2,1-2H3,(H,24,27). The lowest BCUT2D eigenvalue weighted by Gasteiger charge is -2.23. The third kappa shape index (κ3) is 8.33. The van der Waals surface area contributed by atoms with Gasteiger partial charge >= 0.3 is 6.09 Å². The molecule has 13 heteroatoms. The van der Waals surface area contributed by atoms with E-state index >= 15 is 0 Å². The van der Waals surface area contributed by atoms with E-state index in [1.165, 1.54) is 48.8 Å². The third-order valence-corrected chi connectivity index (χ3v) is 5.77. The van der Waals surface area contributed by atoms with Crippen LogP contribution >= 0.6 is 0 Å². The lowest BCUT2D eigenvalue weighted by Crippen LogP contribution is -2.42. The molecule has 0 aromatic heterocycles. The molecule has 2 amide bonds. The first-order valence-corrected chi connectivity index (χ1v) is 11.1. The smallest absolute Gasteiger partial charge is 0.409 e. The molecule has 1 unspecified atom stereocenters. The summed E-state index contributed by atoms with van der Waals surface area (Å²) in [6.07, 6.45) is -0.650. The summed E-state index contributed by atoms with van der Waals surface area (Å²) < 4.78 is 56.9. The van der Waals surface area contributed by atoms with Gasteiger partial charge in [0.15, 0.2) is 11.6 Å². The molecule has 0 aliphatic carbocycles. The van der Waals surface area contributed by atoms with E-state index < -0.39 is 41.2 Å². The fourth-order valence-electron chi connectivity index (χ4n) is 2.54. The number of halogens is 2. The van der Waals surface area contributed by atoms with Gasteiger partial charge in [-0.2, -0.15) is 0 Å². The summed E-state index contributed by atoms with van der Waals surface area (Å²) in [5.41, 5.74) is 1.44. The van der Waals surface area contributed by atoms with Crippen LogP contribution in [0.2, 0.25) is 0 Å². The predicted molar refractivity (Wildman–Crippen MR) is 117 cm³/mol. The van der Waals surface area contributed by atoms with Crippen molar-refractivity contribution in [1.29, 1.82) is 0 Å². The Morgan fingerprint density at radius 3 is 2.41 bits per heavy atom. The van der Waals surface area contributed by atoms with E-state index in [1.807, 2.05) is 0 Å². The minimum Gasteiger partial charge on any atom is -0.454 e. The summed E-state index contributed by atoms with van der Waals surface area (Å²) in [4.78, 5) is 24.9. The van der Waals surface area contributed by atoms with E-state index in [2.05, 4.69) is 0 Å². The molecule has 186 valence electrons. The lowest BCUT2D eigenvalue weighted by atomic mass is 10.3. The van der Waals surface area contributed by atoms with Crippen LogP contribution in [0, 0.1) is 11.6 Å². The highest BCUT2D eigenvalue weighted by atomic mass is 32.2. The Hall–Kier alpha value is -3.13. The number of likely N-dealkylation sites (N-methyl/N-ethyl adjacent to an activating group) is 1. The molecule has 0 radical (unpaired) electrons. The maximum absolute atomic E-state index is 14.6. The summed E-state index contributed by atoms with van der Waals surface area (Å²) in [5.74, 6) is -2.13. The molecule has 2 aromatic rings. The van der Waals surface area contributed by atoms with Crippen molar-refractivity contribution in [3.05, 3.63) is 54.1 Å². The minimum absolute atomic E-state index is 0.0139. The van der Waals surface area contributed by atoms with Gasteiger partial charge in [-0.1, -0.05) is 0 Å². The Morgan fingerprint density at radius 2 is 1.79 bits per heavy atom. The summed E-state index contributed by atoms with van der Waals surface area (Å²) in [7, 11) is 0.877. The van der Waals surface area contributed by atoms with Crippen LogP contribution in [0.5, 0.6) is 11.5 Å². The fourth-order valence-corrected chi connectivity index (χ4v) is 3.71. The van der Waals surface area contributed by atoms with E-state index in [-0.39, 0.29) is 42.7 Å². The van der Waals surface area contributed by atoms with Crippen LogP contribution in [0.3, 0.4) is 0 Å². The van der Waals surface area contributed by atoms with Crippen LogP contribution < -0.4 is 10.2 Å². The van der Waals surface area contributed by atoms with Crippen LogP contribution in [-0.2, 0) is 25.3 Å². The second kappa shape index (κ2) is 13.5. The zero-order valence-electron chi connectivity index (χ0n) is 18.5. The molecule has 2 aromatic carbocycles. The van der Waals surface area contributed by atoms with Crippen LogP contribution in [0.4, 0.5) is 13.6 Å². The number of benzene rings is 2. The molecule has 1 atom stereocenters. The van der Waals surface area contributed by atoms with E-state index in [4.69, 9.17) is 19.4 Å². The van der Waals surface area contributed by atoms with Crippen LogP contribution in [-0.4, -0.2) is 77.6 Å². The van der Waals surface area contributed by atoms with Crippen molar-refractivity contribution < 1.29 is 42.0 Å². The van der Waals surface area contributed by atoms with Crippen LogP contribution in [0.25, 0.3) is 0 Å². The number of nitrogens with one attached hydrogen (secondary N) is 1. The van der Waals surface area contributed by atoms with Crippen molar-refractivity contribution in [1.82, 2.24) is 14.7 Å². The minimum atomic E-state index is -2.03. The number of nitrogens with zero attached hydrogens (tertiary/aromatic N) is 2. The molecule has 2 rings (SSSR count). The van der Waals surface area contributed by atoms with Gasteiger partial charge in [-0.25, -0.2) is 27.6 Å². The van der Waals surface area contributed by atoms with E-state index in [1.54, 1.807) is 0 Å². The van der Waals surface area contributed by atoms with Gasteiger partial charge in [0.2, 0.25) is 0 Å². The zero-order chi connectivity index (χ0) is 25.1. The number of carbonyl (C=O) groups excluding carboxylic acids is 2. The van der Waals surface area contributed by atoms with Crippen molar-refractivity contribution in [2.45, 2.75) is 4.90 Å². The van der Waals surface area contributed by atoms with Crippen molar-refractivity contribution in [2.24, 2.45) is 0 Å². The molecule has 0 spiro atoms. The molecule has 0 fully saturated rings. The van der Waals surface area contributed by atoms with Gasteiger partial charge in [-0.05, 0) is 42.5 Å². The number of hydrogen-bond acceptors (Lipinski definition) is 7. The molecular weight excluding hydrogens is 476 g/mol. The van der Waals surface area contributed by atoms with Crippen molar-refractivity contribution in [3.63, 3.8) is 0 Å². The number of ether oxygens (including phenoxy) is 3. The number of hydrogen-bond donors (Lipinski definition) is 2. The van der Waals surface area contributed by atoms with Crippen LogP contribution in [0.1, 0.15) is 0 Å². The largest absolute Gasteiger partial charge is 0.454 e. The molecule has 2 N–H and O–H groups in total. The molecule has 0 heterocycles. The normalized spacial score (nSPS) is 11.7. The molecule has 0 saturated carbocycles. The van der Waals surface area contributed by atoms with Gasteiger partial charge in [0.05, 0.1) is 18.0 Å². The number of amides is 2. The predicted octanol–water partition coefficient (Wildman–Crippen LogP) is 2.30. The molecule has 0 aliphatic heterocycles. The number of methoxy groups -OCH3 is 1. The Kier molecular flexibility index (Phi) is 10.8. The van der Waals surface area contributed by atoms with E-state index in [9.17, 15) is 22.6 Å². The monoisotopic (exact) mass is 501 g/mol. The molecule has 0 aliphatic rings. The number of hydroxylamine groups is 1. The van der Waals surface area contributed by atoms with Gasteiger partial charge in [0.1, 0.15) is 29.2 Å². The summed E-state index contributed by atoms with van der Waals surface area (Å²) >= 11 is 0. The first kappa shape index (κ1) is 27.1. The summed E-state index contributed by atoms with van der Waals surface area (Å²) in [6, 6.07) is 8.53. The van der Waals surface area contributed by atoms with Crippen molar-refractivity contribution in [2.75, 3.05) is 47.0 Å². The lowest BCUT2D eigenvalue weighted by molar-refractivity contribution is -0.129. The average molecular weight is 502 g/mol. The van der Waals surface area contributed by atoms with Gasteiger partial charge in [-0.3, -0.25) is 10.0 Å². The fraction of sp³-hybridized carbons (Fsp3) is 0.333.